The quantitative estimate of drug-likeness (QED) is 0.663. The number of amides is 1. The van der Waals surface area contributed by atoms with Crippen molar-refractivity contribution in [1.82, 2.24) is 9.55 Å². The Labute approximate surface area is 108 Å². The molecular weight excluding hydrogens is 248 g/mol. The molecule has 0 saturated carbocycles. The summed E-state index contributed by atoms with van der Waals surface area (Å²) in [5.74, 6) is 0.0332. The Hall–Kier alpha value is -2.70. The monoisotopic (exact) mass is 260 g/mol. The Bertz CT molecular complexity index is 648. The first-order chi connectivity index (χ1) is 9.04. The molecular formula is C12H12N4O3. The molecule has 7 nitrogen and oxygen atoms in total. The predicted molar refractivity (Wildman–Crippen MR) is 68.1 cm³/mol. The number of nitro benzene ring substituents is 1. The number of carbonyl (C=O) groups is 1. The van der Waals surface area contributed by atoms with Gasteiger partial charge in [-0.15, -0.1) is 0 Å². The van der Waals surface area contributed by atoms with Crippen LogP contribution in [0.15, 0.2) is 30.6 Å². The molecule has 1 aromatic carbocycles. The average molecular weight is 260 g/mol. The van der Waals surface area contributed by atoms with Crippen LogP contribution in [-0.2, 0) is 6.42 Å². The second-order valence-electron chi connectivity index (χ2n) is 3.89. The highest BCUT2D eigenvalue weighted by atomic mass is 16.6. The lowest BCUT2D eigenvalue weighted by Gasteiger charge is -2.10. The SMILES string of the molecule is CCc1nccn1-c1ccc([N+](=O)[O-])cc1C(N)=O. The molecule has 0 atom stereocenters. The summed E-state index contributed by atoms with van der Waals surface area (Å²) >= 11 is 0. The van der Waals surface area contributed by atoms with Gasteiger partial charge in [-0.05, 0) is 6.07 Å². The van der Waals surface area contributed by atoms with Crippen molar-refractivity contribution in [2.75, 3.05) is 0 Å². The van der Waals surface area contributed by atoms with Gasteiger partial charge in [0, 0.05) is 30.9 Å². The molecule has 0 unspecified atom stereocenters. The van der Waals surface area contributed by atoms with Gasteiger partial charge in [0.25, 0.3) is 11.6 Å². The van der Waals surface area contributed by atoms with E-state index >= 15 is 0 Å². The Morgan fingerprint density at radius 3 is 2.84 bits per heavy atom. The summed E-state index contributed by atoms with van der Waals surface area (Å²) < 4.78 is 1.70. The predicted octanol–water partition coefficient (Wildman–Crippen LogP) is 1.44. The van der Waals surface area contributed by atoms with E-state index in [4.69, 9.17) is 5.73 Å². The molecule has 1 heterocycles. The number of hydrogen-bond donors (Lipinski definition) is 1. The number of hydrogen-bond acceptors (Lipinski definition) is 4. The number of nitrogens with two attached hydrogens (primary N) is 1. The maximum atomic E-state index is 11.5. The van der Waals surface area contributed by atoms with Gasteiger partial charge in [0.15, 0.2) is 0 Å². The number of rotatable bonds is 4. The van der Waals surface area contributed by atoms with Gasteiger partial charge in [-0.2, -0.15) is 0 Å². The summed E-state index contributed by atoms with van der Waals surface area (Å²) in [6.07, 6.45) is 3.96. The summed E-state index contributed by atoms with van der Waals surface area (Å²) in [7, 11) is 0. The van der Waals surface area contributed by atoms with E-state index in [1.807, 2.05) is 6.92 Å². The largest absolute Gasteiger partial charge is 0.366 e. The van der Waals surface area contributed by atoms with E-state index in [1.54, 1.807) is 17.0 Å². The first-order valence-corrected chi connectivity index (χ1v) is 5.65. The van der Waals surface area contributed by atoms with E-state index in [9.17, 15) is 14.9 Å². The fourth-order valence-corrected chi connectivity index (χ4v) is 1.86. The molecule has 2 N–H and O–H groups in total. The summed E-state index contributed by atoms with van der Waals surface area (Å²) in [4.78, 5) is 25.8. The van der Waals surface area contributed by atoms with Gasteiger partial charge < -0.3 is 10.3 Å². The molecule has 19 heavy (non-hydrogen) atoms. The van der Waals surface area contributed by atoms with Crippen LogP contribution in [0.5, 0.6) is 0 Å². The van der Waals surface area contributed by atoms with Crippen molar-refractivity contribution in [1.29, 1.82) is 0 Å². The molecule has 0 aliphatic carbocycles. The number of imidazole rings is 1. The minimum atomic E-state index is -0.713. The first kappa shape index (κ1) is 12.7. The highest BCUT2D eigenvalue weighted by Crippen LogP contribution is 2.22. The van der Waals surface area contributed by atoms with Crippen LogP contribution in [0, 0.1) is 10.1 Å². The highest BCUT2D eigenvalue weighted by Gasteiger charge is 2.17. The lowest BCUT2D eigenvalue weighted by atomic mass is 10.1. The number of aryl methyl sites for hydroxylation is 1. The van der Waals surface area contributed by atoms with Crippen molar-refractivity contribution in [2.45, 2.75) is 13.3 Å². The summed E-state index contributed by atoms with van der Waals surface area (Å²) in [6, 6.07) is 4.01. The minimum absolute atomic E-state index is 0.0990. The third-order valence-electron chi connectivity index (χ3n) is 2.75. The van der Waals surface area contributed by atoms with Gasteiger partial charge in [0.2, 0.25) is 0 Å². The van der Waals surface area contributed by atoms with Gasteiger partial charge >= 0.3 is 0 Å². The van der Waals surface area contributed by atoms with E-state index < -0.39 is 10.8 Å². The topological polar surface area (TPSA) is 104 Å². The fourth-order valence-electron chi connectivity index (χ4n) is 1.86. The summed E-state index contributed by atoms with van der Waals surface area (Å²) in [5.41, 5.74) is 5.71. The number of nitrogens with zero attached hydrogens (tertiary/aromatic N) is 3. The van der Waals surface area contributed by atoms with Crippen molar-refractivity contribution in [3.8, 4) is 5.69 Å². The number of non-ortho nitro benzene ring substituents is 1. The summed E-state index contributed by atoms with van der Waals surface area (Å²) in [6.45, 7) is 1.92. The molecule has 0 radical (unpaired) electrons. The van der Waals surface area contributed by atoms with Gasteiger partial charge in [-0.3, -0.25) is 14.9 Å². The second kappa shape index (κ2) is 4.89. The maximum Gasteiger partial charge on any atom is 0.270 e. The number of primary amides is 1. The zero-order valence-corrected chi connectivity index (χ0v) is 10.2. The molecule has 0 fully saturated rings. The van der Waals surface area contributed by atoms with Gasteiger partial charge in [0.1, 0.15) is 5.82 Å². The number of aromatic nitrogens is 2. The lowest BCUT2D eigenvalue weighted by Crippen LogP contribution is -2.15. The fraction of sp³-hybridized carbons (Fsp3) is 0.167. The van der Waals surface area contributed by atoms with Gasteiger partial charge in [0.05, 0.1) is 16.2 Å². The molecule has 7 heteroatoms. The van der Waals surface area contributed by atoms with Crippen LogP contribution in [0.4, 0.5) is 5.69 Å². The average Bonchev–Trinajstić information content (AvgIpc) is 2.85. The van der Waals surface area contributed by atoms with Crippen molar-refractivity contribution < 1.29 is 9.72 Å². The Balaban J connectivity index is 2.63. The molecule has 0 aliphatic rings. The van der Waals surface area contributed by atoms with Crippen molar-refractivity contribution >= 4 is 11.6 Å². The van der Waals surface area contributed by atoms with E-state index in [-0.39, 0.29) is 11.3 Å². The van der Waals surface area contributed by atoms with Crippen molar-refractivity contribution in [3.63, 3.8) is 0 Å². The molecule has 98 valence electrons. The van der Waals surface area contributed by atoms with Crippen molar-refractivity contribution in [3.05, 3.63) is 52.1 Å². The van der Waals surface area contributed by atoms with Crippen LogP contribution in [0.2, 0.25) is 0 Å². The standard InChI is InChI=1S/C12H12N4O3/c1-2-11-14-5-6-15(11)10-4-3-8(16(18)19)7-9(10)12(13)17/h3-7H,2H2,1H3,(H2,13,17). The van der Waals surface area contributed by atoms with E-state index in [0.717, 1.165) is 5.82 Å². The number of benzene rings is 1. The van der Waals surface area contributed by atoms with Crippen LogP contribution in [0.1, 0.15) is 23.1 Å². The number of carbonyl (C=O) groups excluding carboxylic acids is 1. The molecule has 0 saturated heterocycles. The molecule has 1 aromatic heterocycles. The summed E-state index contributed by atoms with van der Waals surface area (Å²) in [5, 5.41) is 10.7. The third-order valence-corrected chi connectivity index (χ3v) is 2.75. The Kier molecular flexibility index (Phi) is 3.28. The smallest absolute Gasteiger partial charge is 0.270 e. The molecule has 2 aromatic rings. The maximum absolute atomic E-state index is 11.5. The van der Waals surface area contributed by atoms with Gasteiger partial charge in [-0.1, -0.05) is 6.92 Å². The third kappa shape index (κ3) is 2.30. The van der Waals surface area contributed by atoms with E-state index in [0.29, 0.717) is 12.1 Å². The van der Waals surface area contributed by atoms with Crippen LogP contribution in [0.3, 0.4) is 0 Å². The van der Waals surface area contributed by atoms with E-state index in [2.05, 4.69) is 4.98 Å². The molecule has 0 aliphatic heterocycles. The molecule has 2 rings (SSSR count). The Morgan fingerprint density at radius 1 is 1.53 bits per heavy atom. The second-order valence-corrected chi connectivity index (χ2v) is 3.89. The van der Waals surface area contributed by atoms with Crippen LogP contribution in [-0.4, -0.2) is 20.4 Å². The lowest BCUT2D eigenvalue weighted by molar-refractivity contribution is -0.384. The van der Waals surface area contributed by atoms with Crippen LogP contribution in [0.25, 0.3) is 5.69 Å². The Morgan fingerprint density at radius 2 is 2.26 bits per heavy atom. The minimum Gasteiger partial charge on any atom is -0.366 e. The first-order valence-electron chi connectivity index (χ1n) is 5.65. The zero-order chi connectivity index (χ0) is 14.0. The normalized spacial score (nSPS) is 10.4. The highest BCUT2D eigenvalue weighted by molar-refractivity contribution is 5.97. The molecule has 0 bridgehead atoms. The number of nitro groups is 1. The van der Waals surface area contributed by atoms with E-state index in [1.165, 1.54) is 18.2 Å². The van der Waals surface area contributed by atoms with Crippen LogP contribution < -0.4 is 5.73 Å². The molecule has 1 amide bonds. The van der Waals surface area contributed by atoms with Gasteiger partial charge in [-0.25, -0.2) is 4.98 Å². The zero-order valence-electron chi connectivity index (χ0n) is 10.2. The van der Waals surface area contributed by atoms with Crippen LogP contribution >= 0.6 is 0 Å². The van der Waals surface area contributed by atoms with Crippen molar-refractivity contribution in [2.24, 2.45) is 5.73 Å². The molecule has 0 spiro atoms.